The summed E-state index contributed by atoms with van der Waals surface area (Å²) in [5.41, 5.74) is 11.1. The molecule has 218 valence electrons. The first-order valence-corrected chi connectivity index (χ1v) is 15.5. The molecule has 43 heavy (non-hydrogen) atoms. The van der Waals surface area contributed by atoms with Crippen LogP contribution in [0.4, 0.5) is 5.82 Å². The first-order valence-electron chi connectivity index (χ1n) is 14.0. The number of carbonyl (C=O) groups is 1. The molecule has 0 radical (unpaired) electrons. The van der Waals surface area contributed by atoms with E-state index in [4.69, 9.17) is 10.8 Å². The molecule has 0 aliphatic carbocycles. The zero-order chi connectivity index (χ0) is 30.0. The van der Waals surface area contributed by atoms with E-state index < -0.39 is 10.0 Å². The van der Waals surface area contributed by atoms with Gasteiger partial charge in [0.1, 0.15) is 17.8 Å². The average molecular weight is 594 g/mol. The number of nitrogen functional groups attached to an aromatic ring is 1. The van der Waals surface area contributed by atoms with Crippen molar-refractivity contribution in [2.45, 2.75) is 30.3 Å². The number of carbonyl (C=O) groups excluding carboxylic acids is 1. The molecule has 1 aliphatic heterocycles. The molecule has 3 aromatic carbocycles. The molecular formula is C32H31N7O3S. The minimum Gasteiger partial charge on any atom is -0.383 e. The van der Waals surface area contributed by atoms with Crippen molar-refractivity contribution >= 4 is 32.8 Å². The van der Waals surface area contributed by atoms with Crippen LogP contribution in [0.3, 0.4) is 0 Å². The molecule has 0 bridgehead atoms. The van der Waals surface area contributed by atoms with Crippen LogP contribution in [0.25, 0.3) is 33.4 Å². The number of aromatic nitrogens is 4. The molecule has 10 nitrogen and oxygen atoms in total. The Labute approximate surface area is 249 Å². The van der Waals surface area contributed by atoms with Crippen LogP contribution in [-0.2, 0) is 21.4 Å². The number of rotatable bonds is 8. The minimum atomic E-state index is -3.71. The maximum absolute atomic E-state index is 13.0. The number of benzene rings is 3. The molecule has 3 heterocycles. The monoisotopic (exact) mass is 593 g/mol. The number of amides is 1. The van der Waals surface area contributed by atoms with Gasteiger partial charge in [-0.05, 0) is 47.7 Å². The van der Waals surface area contributed by atoms with Crippen molar-refractivity contribution in [3.63, 3.8) is 0 Å². The number of piperidine rings is 1. The summed E-state index contributed by atoms with van der Waals surface area (Å²) in [4.78, 5) is 22.9. The number of likely N-dealkylation sites (tertiary alicyclic amines) is 1. The summed E-state index contributed by atoms with van der Waals surface area (Å²) in [5, 5.41) is 5.55. The van der Waals surface area contributed by atoms with Crippen LogP contribution in [0.15, 0.2) is 103 Å². The fraction of sp³-hybridized carbons (Fsp3) is 0.188. The molecule has 0 spiro atoms. The summed E-state index contributed by atoms with van der Waals surface area (Å²) in [6, 6.07) is 24.0. The van der Waals surface area contributed by atoms with Gasteiger partial charge in [-0.25, -0.2) is 27.8 Å². The van der Waals surface area contributed by atoms with Crippen molar-refractivity contribution in [3.8, 4) is 22.4 Å². The van der Waals surface area contributed by atoms with Crippen LogP contribution < -0.4 is 10.5 Å². The molecule has 6 rings (SSSR count). The van der Waals surface area contributed by atoms with Crippen LogP contribution in [0, 0.1) is 0 Å². The second-order valence-corrected chi connectivity index (χ2v) is 12.2. The lowest BCUT2D eigenvalue weighted by Gasteiger charge is -2.32. The quantitative estimate of drug-likeness (QED) is 0.252. The molecule has 1 fully saturated rings. The molecule has 1 atom stereocenters. The Morgan fingerprint density at radius 2 is 1.67 bits per heavy atom. The van der Waals surface area contributed by atoms with E-state index in [0.29, 0.717) is 35.6 Å². The van der Waals surface area contributed by atoms with Crippen molar-refractivity contribution in [3.05, 3.63) is 103 Å². The van der Waals surface area contributed by atoms with E-state index in [2.05, 4.69) is 21.3 Å². The first kappa shape index (κ1) is 28.3. The van der Waals surface area contributed by atoms with Crippen LogP contribution in [-0.4, -0.2) is 52.1 Å². The van der Waals surface area contributed by atoms with Crippen LogP contribution in [0.5, 0.6) is 0 Å². The summed E-state index contributed by atoms with van der Waals surface area (Å²) < 4.78 is 30.5. The van der Waals surface area contributed by atoms with Crippen molar-refractivity contribution in [2.75, 3.05) is 18.8 Å². The highest BCUT2D eigenvalue weighted by Gasteiger charge is 2.28. The largest absolute Gasteiger partial charge is 0.383 e. The van der Waals surface area contributed by atoms with E-state index in [0.717, 1.165) is 35.1 Å². The van der Waals surface area contributed by atoms with Gasteiger partial charge in [0.05, 0.1) is 16.3 Å². The van der Waals surface area contributed by atoms with E-state index in [1.807, 2.05) is 59.3 Å². The Morgan fingerprint density at radius 3 is 2.40 bits per heavy atom. The average Bonchev–Trinajstić information content (AvgIpc) is 3.45. The maximum Gasteiger partial charge on any atom is 0.246 e. The fourth-order valence-electron chi connectivity index (χ4n) is 5.43. The number of nitrogens with one attached hydrogen (secondary N) is 1. The highest BCUT2D eigenvalue weighted by Crippen LogP contribution is 2.34. The minimum absolute atomic E-state index is 0.0707. The molecule has 1 amide bonds. The third-order valence-electron chi connectivity index (χ3n) is 7.71. The SMILES string of the molecule is C=CC(=O)N1CCC[C@@H](n2nc(-c3ccc(CNS(=O)(=O)c4ccc(-c5ccccc5)cc4)cc3)c3c(N)ncnc32)C1. The number of hydrogen-bond donors (Lipinski definition) is 2. The van der Waals surface area contributed by atoms with Crippen LogP contribution in [0.2, 0.25) is 0 Å². The Kier molecular flexibility index (Phi) is 7.75. The summed E-state index contributed by atoms with van der Waals surface area (Å²) in [7, 11) is -3.71. The van der Waals surface area contributed by atoms with E-state index in [9.17, 15) is 13.2 Å². The topological polar surface area (TPSA) is 136 Å². The Morgan fingerprint density at radius 1 is 0.977 bits per heavy atom. The normalized spacial score (nSPS) is 15.4. The second-order valence-electron chi connectivity index (χ2n) is 10.4. The molecular weight excluding hydrogens is 562 g/mol. The summed E-state index contributed by atoms with van der Waals surface area (Å²) in [6.07, 6.45) is 4.43. The standard InChI is InChI=1S/C32H31N7O3S/c1-2-28(40)38-18-6-9-26(20-38)39-32-29(31(33)34-21-35-32)30(37-39)25-12-10-22(11-13-25)19-36-43(41,42)27-16-14-24(15-17-27)23-7-4-3-5-8-23/h2-5,7-8,10-17,21,26,36H,1,6,9,18-20H2,(H2,33,34,35)/t26-/m1/s1. The summed E-state index contributed by atoms with van der Waals surface area (Å²) >= 11 is 0. The van der Waals surface area contributed by atoms with Gasteiger partial charge in [-0.1, -0.05) is 73.3 Å². The van der Waals surface area contributed by atoms with Crippen molar-refractivity contribution in [1.82, 2.24) is 29.4 Å². The molecule has 1 saturated heterocycles. The zero-order valence-corrected chi connectivity index (χ0v) is 24.2. The molecule has 0 unspecified atom stereocenters. The van der Waals surface area contributed by atoms with Crippen LogP contribution >= 0.6 is 0 Å². The molecule has 1 aliphatic rings. The summed E-state index contributed by atoms with van der Waals surface area (Å²) in [5.74, 6) is 0.210. The van der Waals surface area contributed by atoms with Gasteiger partial charge in [-0.2, -0.15) is 5.10 Å². The number of hydrogen-bond acceptors (Lipinski definition) is 7. The Bertz CT molecular complexity index is 1890. The highest BCUT2D eigenvalue weighted by atomic mass is 32.2. The molecule has 5 aromatic rings. The van der Waals surface area contributed by atoms with Crippen molar-refractivity contribution < 1.29 is 13.2 Å². The lowest BCUT2D eigenvalue weighted by Crippen LogP contribution is -2.40. The molecule has 0 saturated carbocycles. The van der Waals surface area contributed by atoms with Gasteiger partial charge in [0.15, 0.2) is 5.65 Å². The molecule has 3 N–H and O–H groups in total. The van der Waals surface area contributed by atoms with Gasteiger partial charge in [0.2, 0.25) is 15.9 Å². The number of anilines is 1. The number of nitrogens with zero attached hydrogens (tertiary/aromatic N) is 5. The van der Waals surface area contributed by atoms with Gasteiger partial charge >= 0.3 is 0 Å². The number of nitrogens with two attached hydrogens (primary N) is 1. The van der Waals surface area contributed by atoms with Gasteiger partial charge < -0.3 is 10.6 Å². The number of sulfonamides is 1. The van der Waals surface area contributed by atoms with Gasteiger partial charge in [-0.3, -0.25) is 4.79 Å². The van der Waals surface area contributed by atoms with Crippen molar-refractivity contribution in [1.29, 1.82) is 0 Å². The predicted molar refractivity (Wildman–Crippen MR) is 166 cm³/mol. The van der Waals surface area contributed by atoms with E-state index in [-0.39, 0.29) is 23.4 Å². The van der Waals surface area contributed by atoms with E-state index in [1.165, 1.54) is 12.4 Å². The van der Waals surface area contributed by atoms with Crippen molar-refractivity contribution in [2.24, 2.45) is 0 Å². The fourth-order valence-corrected chi connectivity index (χ4v) is 6.45. The lowest BCUT2D eigenvalue weighted by molar-refractivity contribution is -0.127. The smallest absolute Gasteiger partial charge is 0.246 e. The third kappa shape index (κ3) is 5.77. The summed E-state index contributed by atoms with van der Waals surface area (Å²) in [6.45, 7) is 4.91. The van der Waals surface area contributed by atoms with Gasteiger partial charge in [-0.15, -0.1) is 0 Å². The van der Waals surface area contributed by atoms with Gasteiger partial charge in [0.25, 0.3) is 0 Å². The number of fused-ring (bicyclic) bond motifs is 1. The third-order valence-corrected chi connectivity index (χ3v) is 9.13. The second kappa shape index (κ2) is 11.8. The molecule has 2 aromatic heterocycles. The first-order chi connectivity index (χ1) is 20.8. The maximum atomic E-state index is 13.0. The van der Waals surface area contributed by atoms with E-state index in [1.54, 1.807) is 29.2 Å². The Balaban J connectivity index is 1.20. The van der Waals surface area contributed by atoms with Crippen LogP contribution in [0.1, 0.15) is 24.4 Å². The highest BCUT2D eigenvalue weighted by molar-refractivity contribution is 7.89. The zero-order valence-electron chi connectivity index (χ0n) is 23.4. The van der Waals surface area contributed by atoms with Gasteiger partial charge in [0, 0.05) is 25.2 Å². The lowest BCUT2D eigenvalue weighted by atomic mass is 10.1. The Hall–Kier alpha value is -4.87. The predicted octanol–water partition coefficient (Wildman–Crippen LogP) is 4.57. The van der Waals surface area contributed by atoms with E-state index >= 15 is 0 Å². The molecule has 11 heteroatoms.